The highest BCUT2D eigenvalue weighted by atomic mass is 16.3. The van der Waals surface area contributed by atoms with Gasteiger partial charge in [0.15, 0.2) is 0 Å². The molecule has 2 aromatic carbocycles. The first-order valence-corrected chi connectivity index (χ1v) is 13.1. The second-order valence-electron chi connectivity index (χ2n) is 9.74. The van der Waals surface area contributed by atoms with Crippen LogP contribution in [0.15, 0.2) is 48.5 Å². The number of aromatic nitrogens is 2. The molecule has 1 aliphatic heterocycles. The molecule has 0 unspecified atom stereocenters. The van der Waals surface area contributed by atoms with E-state index in [1.165, 1.54) is 5.56 Å². The van der Waals surface area contributed by atoms with Gasteiger partial charge in [-0.3, -0.25) is 9.69 Å². The molecule has 9 nitrogen and oxygen atoms in total. The van der Waals surface area contributed by atoms with Crippen LogP contribution in [0.4, 0.5) is 16.4 Å². The van der Waals surface area contributed by atoms with Crippen LogP contribution in [-0.2, 0) is 12.8 Å². The van der Waals surface area contributed by atoms with Crippen molar-refractivity contribution in [2.75, 3.05) is 29.9 Å². The van der Waals surface area contributed by atoms with Gasteiger partial charge in [-0.1, -0.05) is 30.3 Å². The number of para-hydroxylation sites is 1. The molecular weight excluding hydrogens is 480 g/mol. The lowest BCUT2D eigenvalue weighted by Gasteiger charge is -2.30. The first kappa shape index (κ1) is 26.9. The zero-order valence-corrected chi connectivity index (χ0v) is 22.3. The van der Waals surface area contributed by atoms with Gasteiger partial charge in [0, 0.05) is 31.4 Å². The Morgan fingerprint density at radius 3 is 2.61 bits per heavy atom. The van der Waals surface area contributed by atoms with Crippen LogP contribution in [0.5, 0.6) is 5.75 Å². The summed E-state index contributed by atoms with van der Waals surface area (Å²) in [5.41, 5.74) is 4.81. The molecule has 1 aromatic heterocycles. The van der Waals surface area contributed by atoms with E-state index < -0.39 is 0 Å². The highest BCUT2D eigenvalue weighted by molar-refractivity contribution is 5.96. The van der Waals surface area contributed by atoms with Crippen LogP contribution in [0.2, 0.25) is 0 Å². The van der Waals surface area contributed by atoms with Gasteiger partial charge in [-0.2, -0.15) is 0 Å². The lowest BCUT2D eigenvalue weighted by molar-refractivity contribution is 0.0937. The molecule has 9 heteroatoms. The Balaban J connectivity index is 1.26. The van der Waals surface area contributed by atoms with Crippen molar-refractivity contribution in [1.29, 1.82) is 0 Å². The Labute approximate surface area is 223 Å². The van der Waals surface area contributed by atoms with Crippen LogP contribution in [-0.4, -0.2) is 52.7 Å². The number of phenols is 1. The molecule has 3 aromatic rings. The molecule has 0 spiro atoms. The summed E-state index contributed by atoms with van der Waals surface area (Å²) in [6, 6.07) is 14.8. The zero-order valence-electron chi connectivity index (χ0n) is 22.3. The summed E-state index contributed by atoms with van der Waals surface area (Å²) in [7, 11) is 0. The van der Waals surface area contributed by atoms with E-state index in [0.29, 0.717) is 42.5 Å². The smallest absolute Gasteiger partial charge is 0.321 e. The fourth-order valence-electron chi connectivity index (χ4n) is 4.76. The number of benzene rings is 2. The van der Waals surface area contributed by atoms with Crippen molar-refractivity contribution in [3.63, 3.8) is 0 Å². The number of amides is 3. The van der Waals surface area contributed by atoms with E-state index in [0.717, 1.165) is 36.9 Å². The van der Waals surface area contributed by atoms with E-state index in [4.69, 9.17) is 0 Å². The van der Waals surface area contributed by atoms with Crippen molar-refractivity contribution in [3.05, 3.63) is 76.6 Å². The predicted molar refractivity (Wildman–Crippen MR) is 149 cm³/mol. The number of hydrogen-bond acceptors (Lipinski definition) is 6. The second-order valence-corrected chi connectivity index (χ2v) is 9.74. The minimum Gasteiger partial charge on any atom is -0.508 e. The third-order valence-electron chi connectivity index (χ3n) is 6.63. The van der Waals surface area contributed by atoms with Crippen LogP contribution >= 0.6 is 0 Å². The molecule has 3 amide bonds. The minimum absolute atomic E-state index is 0.159. The number of fused-ring (bicyclic) bond motifs is 1. The summed E-state index contributed by atoms with van der Waals surface area (Å²) >= 11 is 0. The van der Waals surface area contributed by atoms with E-state index in [9.17, 15) is 14.7 Å². The fourth-order valence-corrected chi connectivity index (χ4v) is 4.76. The molecule has 1 atom stereocenters. The topological polar surface area (TPSA) is 119 Å². The van der Waals surface area contributed by atoms with Gasteiger partial charge in [0.05, 0.1) is 17.0 Å². The molecule has 0 bridgehead atoms. The number of nitrogens with zero attached hydrogens (tertiary/aromatic N) is 3. The molecule has 38 heavy (non-hydrogen) atoms. The maximum absolute atomic E-state index is 13.0. The van der Waals surface area contributed by atoms with Crippen molar-refractivity contribution in [3.8, 4) is 5.75 Å². The monoisotopic (exact) mass is 516 g/mol. The van der Waals surface area contributed by atoms with Gasteiger partial charge in [-0.15, -0.1) is 0 Å². The van der Waals surface area contributed by atoms with E-state index in [2.05, 4.69) is 32.0 Å². The van der Waals surface area contributed by atoms with Gasteiger partial charge in [-0.05, 0) is 75.8 Å². The lowest BCUT2D eigenvalue weighted by atomic mass is 10.0. The Bertz CT molecular complexity index is 1270. The van der Waals surface area contributed by atoms with Crippen LogP contribution in [0.1, 0.15) is 52.6 Å². The number of aromatic hydroxyl groups is 1. The number of anilines is 2. The van der Waals surface area contributed by atoms with Crippen molar-refractivity contribution < 1.29 is 14.7 Å². The minimum atomic E-state index is -0.277. The van der Waals surface area contributed by atoms with E-state index in [1.54, 1.807) is 30.9 Å². The maximum Gasteiger partial charge on any atom is 0.321 e. The molecule has 4 rings (SSSR count). The van der Waals surface area contributed by atoms with Gasteiger partial charge in [0.2, 0.25) is 5.95 Å². The molecule has 0 saturated heterocycles. The quantitative estimate of drug-likeness (QED) is 0.318. The Hall–Kier alpha value is -4.14. The van der Waals surface area contributed by atoms with Gasteiger partial charge in [0.25, 0.3) is 5.91 Å². The highest BCUT2D eigenvalue weighted by Crippen LogP contribution is 2.26. The molecule has 4 N–H and O–H groups in total. The van der Waals surface area contributed by atoms with Gasteiger partial charge in [-0.25, -0.2) is 14.8 Å². The summed E-state index contributed by atoms with van der Waals surface area (Å²) in [6.07, 6.45) is 3.57. The summed E-state index contributed by atoms with van der Waals surface area (Å²) in [6.45, 7) is 7.09. The predicted octanol–water partition coefficient (Wildman–Crippen LogP) is 4.12. The van der Waals surface area contributed by atoms with Crippen molar-refractivity contribution in [2.45, 2.75) is 52.5 Å². The number of aryl methyl sites for hydroxylation is 4. The average Bonchev–Trinajstić information content (AvgIpc) is 2.89. The van der Waals surface area contributed by atoms with Gasteiger partial charge >= 0.3 is 6.03 Å². The van der Waals surface area contributed by atoms with Gasteiger partial charge in [0.1, 0.15) is 5.75 Å². The van der Waals surface area contributed by atoms with Crippen molar-refractivity contribution >= 4 is 23.6 Å². The molecule has 0 aliphatic carbocycles. The Kier molecular flexibility index (Phi) is 8.78. The molecule has 200 valence electrons. The van der Waals surface area contributed by atoms with Crippen LogP contribution < -0.4 is 20.9 Å². The normalized spacial score (nSPS) is 13.4. The van der Waals surface area contributed by atoms with Crippen LogP contribution in [0, 0.1) is 13.8 Å². The standard InChI is InChI=1S/C29H36N6O3/c1-19(18-31-29(38)35-16-8-12-23-11-4-5-14-25(23)35)32-27(37)26-20(2)33-28(34-21(26)3)30-15-7-10-22-9-6-13-24(36)17-22/h4-6,9,11,13-14,17,19,36H,7-8,10,12,15-16,18H2,1-3H3,(H,31,38)(H,32,37)(H,30,33,34)/t19-/m0/s1. The largest absolute Gasteiger partial charge is 0.508 e. The number of carbonyl (C=O) groups excluding carboxylic acids is 2. The SMILES string of the molecule is Cc1nc(NCCCc2cccc(O)c2)nc(C)c1C(=O)N[C@@H](C)CNC(=O)N1CCCc2ccccc21. The number of phenolic OH excluding ortho intramolecular Hbond substituents is 1. The van der Waals surface area contributed by atoms with E-state index >= 15 is 0 Å². The third-order valence-corrected chi connectivity index (χ3v) is 6.63. The summed E-state index contributed by atoms with van der Waals surface area (Å²) in [5.74, 6) is 0.485. The van der Waals surface area contributed by atoms with E-state index in [-0.39, 0.29) is 23.7 Å². The van der Waals surface area contributed by atoms with Crippen molar-refractivity contribution in [2.24, 2.45) is 0 Å². The number of rotatable bonds is 9. The first-order valence-electron chi connectivity index (χ1n) is 13.1. The zero-order chi connectivity index (χ0) is 27.1. The third kappa shape index (κ3) is 6.79. The number of nitrogens with one attached hydrogen (secondary N) is 3. The first-order chi connectivity index (χ1) is 18.3. The highest BCUT2D eigenvalue weighted by Gasteiger charge is 2.23. The van der Waals surface area contributed by atoms with Crippen molar-refractivity contribution in [1.82, 2.24) is 20.6 Å². The lowest BCUT2D eigenvalue weighted by Crippen LogP contribution is -2.48. The number of carbonyl (C=O) groups is 2. The molecule has 0 saturated carbocycles. The molecular formula is C29H36N6O3. The van der Waals surface area contributed by atoms with E-state index in [1.807, 2.05) is 37.3 Å². The maximum atomic E-state index is 13.0. The average molecular weight is 517 g/mol. The Morgan fingerprint density at radius 2 is 1.84 bits per heavy atom. The van der Waals surface area contributed by atoms with Crippen LogP contribution in [0.3, 0.4) is 0 Å². The summed E-state index contributed by atoms with van der Waals surface area (Å²) in [5, 5.41) is 18.7. The van der Waals surface area contributed by atoms with Gasteiger partial charge < -0.3 is 21.1 Å². The number of urea groups is 1. The summed E-state index contributed by atoms with van der Waals surface area (Å²) in [4.78, 5) is 36.6. The van der Waals surface area contributed by atoms with Crippen LogP contribution in [0.25, 0.3) is 0 Å². The molecule has 0 fully saturated rings. The summed E-state index contributed by atoms with van der Waals surface area (Å²) < 4.78 is 0. The second kappa shape index (κ2) is 12.4. The molecule has 0 radical (unpaired) electrons. The molecule has 1 aliphatic rings. The fraction of sp³-hybridized carbons (Fsp3) is 0.379. The Morgan fingerprint density at radius 1 is 1.08 bits per heavy atom. The molecule has 2 heterocycles. The number of hydrogen-bond donors (Lipinski definition) is 4.